The van der Waals surface area contributed by atoms with E-state index in [0.717, 1.165) is 41.9 Å². The van der Waals surface area contributed by atoms with Crippen molar-refractivity contribution in [3.63, 3.8) is 0 Å². The van der Waals surface area contributed by atoms with Crippen LogP contribution < -0.4 is 0 Å². The second-order valence-electron chi connectivity index (χ2n) is 10.2. The van der Waals surface area contributed by atoms with Crippen LogP contribution in [0.4, 0.5) is 17.6 Å². The van der Waals surface area contributed by atoms with Gasteiger partial charge in [-0.3, -0.25) is 0 Å². The first-order valence-electron chi connectivity index (χ1n) is 15.2. The number of alkyl halides is 4. The lowest BCUT2D eigenvalue weighted by Gasteiger charge is -2.23. The van der Waals surface area contributed by atoms with Gasteiger partial charge in [-0.1, -0.05) is 77.1 Å². The van der Waals surface area contributed by atoms with Gasteiger partial charge < -0.3 is 9.29 Å². The van der Waals surface area contributed by atoms with Crippen LogP contribution >= 0.6 is 12.0 Å². The van der Waals surface area contributed by atoms with Crippen molar-refractivity contribution in [1.82, 2.24) is 0 Å². The molecule has 1 saturated carbocycles. The fraction of sp³-hybridized carbons (Fsp3) is 0.400. The maximum Gasteiger partial charge on any atom is 0.379 e. The van der Waals surface area contributed by atoms with E-state index in [2.05, 4.69) is 36.6 Å². The topological polar surface area (TPSA) is 80.7 Å². The quantitative estimate of drug-likeness (QED) is 0.0399. The highest BCUT2D eigenvalue weighted by Crippen LogP contribution is 2.44. The lowest BCUT2D eigenvalue weighted by Crippen LogP contribution is -2.37. The van der Waals surface area contributed by atoms with Crippen molar-refractivity contribution in [3.8, 4) is 0 Å². The van der Waals surface area contributed by atoms with Gasteiger partial charge >= 0.3 is 17.1 Å². The lowest BCUT2D eigenvalue weighted by atomic mass is 10.0. The first kappa shape index (κ1) is 42.2. The summed E-state index contributed by atoms with van der Waals surface area (Å²) in [7, 11) is -3.60. The van der Waals surface area contributed by atoms with Crippen molar-refractivity contribution >= 4 is 38.7 Å². The Labute approximate surface area is 284 Å². The van der Waals surface area contributed by atoms with Gasteiger partial charge in [0.2, 0.25) is 0 Å². The fourth-order valence-corrected chi connectivity index (χ4v) is 8.57. The number of rotatable bonds is 14. The van der Waals surface area contributed by atoms with Crippen LogP contribution in [0.3, 0.4) is 0 Å². The molecule has 0 spiro atoms. The zero-order valence-electron chi connectivity index (χ0n) is 27.1. The highest BCUT2D eigenvalue weighted by Gasteiger charge is 2.56. The summed E-state index contributed by atoms with van der Waals surface area (Å²) in [5.41, 5.74) is 0.0907. The van der Waals surface area contributed by atoms with E-state index in [1.54, 1.807) is 18.2 Å². The van der Waals surface area contributed by atoms with E-state index in [-0.39, 0.29) is 21.7 Å². The van der Waals surface area contributed by atoms with Crippen LogP contribution in [0.5, 0.6) is 0 Å². The molecule has 0 bridgehead atoms. The molecule has 1 fully saturated rings. The maximum absolute atomic E-state index is 13.0. The SMILES string of the molecule is C=C(C)C(=O)OCCCC(F)(F)C(F)(F)SO.C=C/C=C(\C=C)[S+](c1ccccc1)c1ccc(S(=O)(=O)C2CCCCC2)cc1.CC. The molecule has 2 aromatic carbocycles. The van der Waals surface area contributed by atoms with E-state index in [0.29, 0.717) is 4.90 Å². The number of carbonyl (C=O) groups excluding carboxylic acids is 1. The molecule has 1 atom stereocenters. The second-order valence-corrected chi connectivity index (χ2v) is 15.2. The molecule has 2 aromatic rings. The summed E-state index contributed by atoms with van der Waals surface area (Å²) in [6, 6.07) is 17.7. The molecule has 3 rings (SSSR count). The van der Waals surface area contributed by atoms with Gasteiger partial charge in [0, 0.05) is 12.0 Å². The Balaban J connectivity index is 0.000000502. The van der Waals surface area contributed by atoms with E-state index in [1.807, 2.05) is 56.3 Å². The summed E-state index contributed by atoms with van der Waals surface area (Å²) in [5, 5.41) is -4.78. The number of hydrogen-bond acceptors (Lipinski definition) is 6. The van der Waals surface area contributed by atoms with Crippen molar-refractivity contribution in [3.05, 3.63) is 103 Å². The Morgan fingerprint density at radius 2 is 1.55 bits per heavy atom. The highest BCUT2D eigenvalue weighted by molar-refractivity contribution is 8.00. The first-order chi connectivity index (χ1) is 22.2. The average molecular weight is 718 g/mol. The number of allylic oxidation sites excluding steroid dienone is 3. The molecule has 0 saturated heterocycles. The summed E-state index contributed by atoms with van der Waals surface area (Å²) >= 11 is -1.20. The summed E-state index contributed by atoms with van der Waals surface area (Å²) in [4.78, 5) is 14.6. The van der Waals surface area contributed by atoms with E-state index in [4.69, 9.17) is 4.55 Å². The minimum absolute atomic E-state index is 0.0907. The molecule has 5 nitrogen and oxygen atoms in total. The van der Waals surface area contributed by atoms with Crippen LogP contribution in [0.1, 0.15) is 65.7 Å². The highest BCUT2D eigenvalue weighted by atomic mass is 32.2. The Morgan fingerprint density at radius 3 is 2.04 bits per heavy atom. The third-order valence-electron chi connectivity index (χ3n) is 6.83. The van der Waals surface area contributed by atoms with Crippen LogP contribution in [-0.4, -0.2) is 42.0 Å². The number of halogens is 4. The van der Waals surface area contributed by atoms with Crippen molar-refractivity contribution in [2.24, 2.45) is 0 Å². The Bertz CT molecular complexity index is 1420. The predicted molar refractivity (Wildman–Crippen MR) is 186 cm³/mol. The van der Waals surface area contributed by atoms with Crippen LogP contribution in [-0.2, 0) is 30.3 Å². The molecular weight excluding hydrogens is 673 g/mol. The second kappa shape index (κ2) is 20.5. The summed E-state index contributed by atoms with van der Waals surface area (Å²) < 4.78 is 89.0. The molecule has 1 aliphatic carbocycles. The normalized spacial score (nSPS) is 14.8. The largest absolute Gasteiger partial charge is 0.462 e. The number of hydrogen-bond donors (Lipinski definition) is 1. The van der Waals surface area contributed by atoms with Crippen molar-refractivity contribution in [1.29, 1.82) is 0 Å². The van der Waals surface area contributed by atoms with Crippen molar-refractivity contribution in [2.45, 2.75) is 96.8 Å². The maximum atomic E-state index is 13.0. The van der Waals surface area contributed by atoms with Gasteiger partial charge in [-0.15, -0.1) is 0 Å². The number of ether oxygens (including phenoxy) is 1. The third-order valence-corrected chi connectivity index (χ3v) is 11.9. The lowest BCUT2D eigenvalue weighted by molar-refractivity contribution is -0.161. The zero-order valence-corrected chi connectivity index (χ0v) is 29.6. The molecule has 0 heterocycles. The van der Waals surface area contributed by atoms with Gasteiger partial charge in [0.15, 0.2) is 24.5 Å². The smallest absolute Gasteiger partial charge is 0.379 e. The molecule has 0 aliphatic heterocycles. The van der Waals surface area contributed by atoms with E-state index >= 15 is 0 Å². The molecule has 1 aliphatic rings. The van der Waals surface area contributed by atoms with E-state index < -0.39 is 58.5 Å². The predicted octanol–water partition coefficient (Wildman–Crippen LogP) is 10.4. The molecule has 1 N–H and O–H groups in total. The summed E-state index contributed by atoms with van der Waals surface area (Å²) in [6.45, 7) is 16.0. The molecule has 1 unspecified atom stereocenters. The fourth-order valence-electron chi connectivity index (χ4n) is 4.43. The van der Waals surface area contributed by atoms with Gasteiger partial charge in [-0.05, 0) is 74.7 Å². The number of sulfone groups is 1. The van der Waals surface area contributed by atoms with Crippen LogP contribution in [0.25, 0.3) is 0 Å². The van der Waals surface area contributed by atoms with Gasteiger partial charge in [-0.25, -0.2) is 13.2 Å². The Kier molecular flexibility index (Phi) is 18.5. The average Bonchev–Trinajstić information content (AvgIpc) is 3.08. The molecule has 0 radical (unpaired) electrons. The molecule has 260 valence electrons. The summed E-state index contributed by atoms with van der Waals surface area (Å²) in [5.74, 6) is -5.13. The number of benzene rings is 2. The number of esters is 1. The van der Waals surface area contributed by atoms with Gasteiger partial charge in [0.05, 0.1) is 39.7 Å². The van der Waals surface area contributed by atoms with Crippen molar-refractivity contribution in [2.75, 3.05) is 6.61 Å². The molecule has 0 amide bonds. The Morgan fingerprint density at radius 1 is 1.00 bits per heavy atom. The Hall–Kier alpha value is -2.80. The van der Waals surface area contributed by atoms with Gasteiger partial charge in [-0.2, -0.15) is 17.6 Å². The van der Waals surface area contributed by atoms with Crippen LogP contribution in [0.15, 0.2) is 118 Å². The standard InChI is InChI=1S/C24H27O2S2.C9H12F4O3S.C2H6/c1-3-11-20(4-2)27(21-12-7-5-8-13-21)22-16-18-24(19-17-22)28(25,26)23-14-9-6-10-15-23;1-6(2)7(14)16-5-3-4-8(10,11)9(12,13)17-15;1-2/h3-5,7-8,11-13,16-19,23H,1-2,6,9-10,14-15H2;15H,1,3-5H2,2H3;1-2H3/q+1;;/b20-11+;;. The number of carbonyl (C=O) groups is 1. The third kappa shape index (κ3) is 12.6. The van der Waals surface area contributed by atoms with Crippen LogP contribution in [0, 0.1) is 0 Å². The van der Waals surface area contributed by atoms with E-state index in [1.165, 1.54) is 11.8 Å². The van der Waals surface area contributed by atoms with Crippen molar-refractivity contribution < 1.29 is 40.1 Å². The molecule has 47 heavy (non-hydrogen) atoms. The van der Waals surface area contributed by atoms with Gasteiger partial charge in [0.1, 0.15) is 0 Å². The first-order valence-corrected chi connectivity index (χ1v) is 18.8. The zero-order chi connectivity index (χ0) is 35.7. The van der Waals surface area contributed by atoms with E-state index in [9.17, 15) is 30.8 Å². The van der Waals surface area contributed by atoms with Crippen LogP contribution in [0.2, 0.25) is 0 Å². The molecular formula is C35H45F4O5S3+. The molecule has 0 aromatic heterocycles. The molecule has 12 heteroatoms. The monoisotopic (exact) mass is 717 g/mol. The minimum atomic E-state index is -4.55. The summed E-state index contributed by atoms with van der Waals surface area (Å²) in [6.07, 6.45) is 8.66. The van der Waals surface area contributed by atoms with Gasteiger partial charge in [0.25, 0.3) is 0 Å². The minimum Gasteiger partial charge on any atom is -0.462 e.